The smallest absolute Gasteiger partial charge is 0.262 e. The third kappa shape index (κ3) is 4.34. The summed E-state index contributed by atoms with van der Waals surface area (Å²) in [5.41, 5.74) is 0.348. The lowest BCUT2D eigenvalue weighted by molar-refractivity contribution is -0.148. The van der Waals surface area contributed by atoms with Crippen molar-refractivity contribution < 1.29 is 19.1 Å². The first-order valence-corrected chi connectivity index (χ1v) is 12.0. The van der Waals surface area contributed by atoms with Crippen LogP contribution in [-0.2, 0) is 25.5 Å². The summed E-state index contributed by atoms with van der Waals surface area (Å²) in [5, 5.41) is 3.12. The highest BCUT2D eigenvalue weighted by molar-refractivity contribution is 6.13. The molecule has 2 aliphatic heterocycles. The lowest BCUT2D eigenvalue weighted by atomic mass is 9.94. The minimum atomic E-state index is -1.30. The average Bonchev–Trinajstić information content (AvgIpc) is 3.40. The molecule has 1 saturated carbocycles. The first-order chi connectivity index (χ1) is 16.6. The Labute approximate surface area is 199 Å². The number of nitrogens with zero attached hydrogens (tertiary/aromatic N) is 2. The highest BCUT2D eigenvalue weighted by Gasteiger charge is 2.58. The zero-order valence-electron chi connectivity index (χ0n) is 19.1. The van der Waals surface area contributed by atoms with E-state index in [1.807, 2.05) is 60.7 Å². The van der Waals surface area contributed by atoms with Crippen molar-refractivity contribution in [3.05, 3.63) is 71.8 Å². The van der Waals surface area contributed by atoms with Gasteiger partial charge in [-0.1, -0.05) is 67.8 Å². The molecule has 0 bridgehead atoms. The topological polar surface area (TPSA) is 88.1 Å². The molecule has 7 heteroatoms. The number of rotatable bonds is 6. The number of ether oxygens (including phenoxy) is 1. The van der Waals surface area contributed by atoms with Crippen molar-refractivity contribution in [3.8, 4) is 0 Å². The number of imide groups is 1. The number of carbonyl (C=O) groups is 3. The number of benzene rings is 2. The number of carbonyl (C=O) groups excluding carboxylic acids is 3. The Hall–Kier alpha value is -3.48. The molecule has 2 heterocycles. The highest BCUT2D eigenvalue weighted by atomic mass is 16.5. The molecule has 1 spiro atoms. The fourth-order valence-corrected chi connectivity index (χ4v) is 5.12. The summed E-state index contributed by atoms with van der Waals surface area (Å²) in [6.45, 7) is 0.000597. The summed E-state index contributed by atoms with van der Waals surface area (Å²) in [6, 6.07) is 18.0. The lowest BCUT2D eigenvalue weighted by Crippen LogP contribution is -2.54. The van der Waals surface area contributed by atoms with Crippen LogP contribution < -0.4 is 5.32 Å². The van der Waals surface area contributed by atoms with Crippen molar-refractivity contribution in [1.29, 1.82) is 0 Å². The van der Waals surface area contributed by atoms with Crippen molar-refractivity contribution in [2.24, 2.45) is 4.99 Å². The van der Waals surface area contributed by atoms with Crippen molar-refractivity contribution in [2.75, 3.05) is 6.61 Å². The van der Waals surface area contributed by atoms with Crippen LogP contribution in [0.1, 0.15) is 49.7 Å². The van der Waals surface area contributed by atoms with Gasteiger partial charge in [-0.3, -0.25) is 19.3 Å². The van der Waals surface area contributed by atoms with E-state index in [1.54, 1.807) is 0 Å². The molecule has 2 fully saturated rings. The first kappa shape index (κ1) is 22.3. The summed E-state index contributed by atoms with van der Waals surface area (Å²) < 4.78 is 5.77. The van der Waals surface area contributed by atoms with Crippen molar-refractivity contribution in [3.63, 3.8) is 0 Å². The molecule has 3 amide bonds. The SMILES string of the molecule is O=C(NC1CCCCC1)[C@H](Cc1ccccc1)N1C(=O)C[C@]2(COC(c3ccccc3)=N2)C1=O. The van der Waals surface area contributed by atoms with E-state index in [-0.39, 0.29) is 37.3 Å². The molecule has 7 nitrogen and oxygen atoms in total. The molecule has 2 atom stereocenters. The Morgan fingerprint density at radius 2 is 1.71 bits per heavy atom. The van der Waals surface area contributed by atoms with Crippen LogP contribution in [0.3, 0.4) is 0 Å². The van der Waals surface area contributed by atoms with Gasteiger partial charge in [-0.25, -0.2) is 4.99 Å². The van der Waals surface area contributed by atoms with Gasteiger partial charge < -0.3 is 10.1 Å². The van der Waals surface area contributed by atoms with E-state index < -0.39 is 17.5 Å². The molecule has 0 unspecified atom stereocenters. The van der Waals surface area contributed by atoms with Crippen molar-refractivity contribution in [2.45, 2.75) is 62.6 Å². The van der Waals surface area contributed by atoms with E-state index in [4.69, 9.17) is 4.74 Å². The number of amides is 3. The minimum Gasteiger partial charge on any atom is -0.474 e. The number of hydrogen-bond donors (Lipinski definition) is 1. The quantitative estimate of drug-likeness (QED) is 0.673. The Bertz CT molecular complexity index is 1100. The second-order valence-corrected chi connectivity index (χ2v) is 9.40. The van der Waals surface area contributed by atoms with Crippen LogP contribution in [0.4, 0.5) is 0 Å². The maximum atomic E-state index is 13.7. The molecular formula is C27H29N3O4. The van der Waals surface area contributed by atoms with Gasteiger partial charge in [-0.15, -0.1) is 0 Å². The maximum Gasteiger partial charge on any atom is 0.262 e. The lowest BCUT2D eigenvalue weighted by Gasteiger charge is -2.30. The predicted molar refractivity (Wildman–Crippen MR) is 127 cm³/mol. The van der Waals surface area contributed by atoms with E-state index in [0.29, 0.717) is 5.90 Å². The fraction of sp³-hybridized carbons (Fsp3) is 0.407. The van der Waals surface area contributed by atoms with Gasteiger partial charge in [0.2, 0.25) is 17.7 Å². The summed E-state index contributed by atoms with van der Waals surface area (Å²) in [4.78, 5) is 46.1. The standard InChI is InChI=1S/C27H29N3O4/c31-23-17-27(18-34-25(29-27)20-12-6-2-7-13-20)26(33)30(23)22(16-19-10-4-1-5-11-19)24(32)28-21-14-8-3-9-15-21/h1-2,4-7,10-13,21-22H,3,8-9,14-18H2,(H,28,32)/t22-,27-/m0/s1. The number of likely N-dealkylation sites (tertiary alicyclic amines) is 1. The van der Waals surface area contributed by atoms with Gasteiger partial charge in [0.25, 0.3) is 5.91 Å². The molecular weight excluding hydrogens is 430 g/mol. The molecule has 0 aromatic heterocycles. The molecule has 2 aromatic rings. The Morgan fingerprint density at radius 1 is 1.03 bits per heavy atom. The summed E-state index contributed by atoms with van der Waals surface area (Å²) in [6.07, 6.45) is 5.35. The summed E-state index contributed by atoms with van der Waals surface area (Å²) in [5.74, 6) is -0.759. The number of nitrogens with one attached hydrogen (secondary N) is 1. The Balaban J connectivity index is 1.42. The van der Waals surface area contributed by atoms with E-state index in [2.05, 4.69) is 10.3 Å². The van der Waals surface area contributed by atoms with Crippen LogP contribution in [0.2, 0.25) is 0 Å². The van der Waals surface area contributed by atoms with Gasteiger partial charge in [0.15, 0.2) is 5.54 Å². The average molecular weight is 460 g/mol. The molecule has 2 aromatic carbocycles. The van der Waals surface area contributed by atoms with E-state index in [1.165, 1.54) is 6.42 Å². The van der Waals surface area contributed by atoms with Gasteiger partial charge in [-0.2, -0.15) is 0 Å². The second kappa shape index (κ2) is 9.41. The van der Waals surface area contributed by atoms with Crippen LogP contribution in [0, 0.1) is 0 Å². The Kier molecular flexibility index (Phi) is 6.18. The molecule has 34 heavy (non-hydrogen) atoms. The maximum absolute atomic E-state index is 13.7. The van der Waals surface area contributed by atoms with Gasteiger partial charge >= 0.3 is 0 Å². The summed E-state index contributed by atoms with van der Waals surface area (Å²) in [7, 11) is 0. The molecule has 176 valence electrons. The molecule has 0 radical (unpaired) electrons. The number of hydrogen-bond acceptors (Lipinski definition) is 5. The predicted octanol–water partition coefficient (Wildman–Crippen LogP) is 3.02. The van der Waals surface area contributed by atoms with E-state index in [9.17, 15) is 14.4 Å². The minimum absolute atomic E-state index is 0.000597. The molecule has 1 N–H and O–H groups in total. The normalized spacial score (nSPS) is 23.6. The highest BCUT2D eigenvalue weighted by Crippen LogP contribution is 2.35. The zero-order chi connectivity index (χ0) is 23.5. The van der Waals surface area contributed by atoms with Gasteiger partial charge in [0.1, 0.15) is 12.6 Å². The van der Waals surface area contributed by atoms with Crippen LogP contribution >= 0.6 is 0 Å². The van der Waals surface area contributed by atoms with Crippen LogP contribution in [-0.4, -0.2) is 52.7 Å². The summed E-state index contributed by atoms with van der Waals surface area (Å²) >= 11 is 0. The largest absolute Gasteiger partial charge is 0.474 e. The number of aliphatic imine (C=N–C) groups is 1. The monoisotopic (exact) mass is 459 g/mol. The second-order valence-electron chi connectivity index (χ2n) is 9.40. The fourth-order valence-electron chi connectivity index (χ4n) is 5.12. The van der Waals surface area contributed by atoms with Crippen molar-refractivity contribution >= 4 is 23.6 Å². The Morgan fingerprint density at radius 3 is 2.41 bits per heavy atom. The molecule has 5 rings (SSSR count). The van der Waals surface area contributed by atoms with Crippen LogP contribution in [0.5, 0.6) is 0 Å². The molecule has 1 aliphatic carbocycles. The van der Waals surface area contributed by atoms with Gasteiger partial charge in [0.05, 0.1) is 6.42 Å². The van der Waals surface area contributed by atoms with Gasteiger partial charge in [-0.05, 0) is 30.5 Å². The third-order valence-corrected chi connectivity index (χ3v) is 6.95. The zero-order valence-corrected chi connectivity index (χ0v) is 19.1. The van der Waals surface area contributed by atoms with Crippen LogP contribution in [0.15, 0.2) is 65.7 Å². The van der Waals surface area contributed by atoms with Gasteiger partial charge in [0, 0.05) is 18.0 Å². The first-order valence-electron chi connectivity index (χ1n) is 12.0. The molecule has 1 saturated heterocycles. The third-order valence-electron chi connectivity index (χ3n) is 6.95. The van der Waals surface area contributed by atoms with E-state index >= 15 is 0 Å². The van der Waals surface area contributed by atoms with Crippen molar-refractivity contribution in [1.82, 2.24) is 10.2 Å². The molecule has 3 aliphatic rings. The van der Waals surface area contributed by atoms with Crippen LogP contribution in [0.25, 0.3) is 0 Å². The van der Waals surface area contributed by atoms with E-state index in [0.717, 1.165) is 41.7 Å².